The fourth-order valence-electron chi connectivity index (χ4n) is 1.03. The van der Waals surface area contributed by atoms with E-state index in [2.05, 4.69) is 4.98 Å². The van der Waals surface area contributed by atoms with Gasteiger partial charge in [0.1, 0.15) is 0 Å². The van der Waals surface area contributed by atoms with Crippen LogP contribution in [0, 0.1) is 5.95 Å². The summed E-state index contributed by atoms with van der Waals surface area (Å²) in [4.78, 5) is 13.4. The van der Waals surface area contributed by atoms with E-state index in [-0.39, 0.29) is 0 Å². The molecule has 1 aromatic rings. The highest BCUT2D eigenvalue weighted by atomic mass is 35.5. The second kappa shape index (κ2) is 4.48. The monoisotopic (exact) mass is 239 g/mol. The van der Waals surface area contributed by atoms with Crippen LogP contribution in [-0.2, 0) is 11.2 Å². The van der Waals surface area contributed by atoms with Crippen molar-refractivity contribution in [1.82, 2.24) is 4.98 Å². The van der Waals surface area contributed by atoms with Crippen LogP contribution in [0.5, 0.6) is 0 Å². The zero-order chi connectivity index (χ0) is 11.6. The van der Waals surface area contributed by atoms with E-state index in [9.17, 15) is 18.0 Å². The zero-order valence-electron chi connectivity index (χ0n) is 7.18. The number of hydrogen-bond donors (Lipinski definition) is 1. The van der Waals surface area contributed by atoms with Gasteiger partial charge in [-0.25, -0.2) is 13.8 Å². The van der Waals surface area contributed by atoms with Crippen LogP contribution >= 0.6 is 11.6 Å². The molecule has 0 radical (unpaired) electrons. The molecule has 0 atom stereocenters. The predicted octanol–water partition coefficient (Wildman–Crippen LogP) is 2.44. The van der Waals surface area contributed by atoms with Gasteiger partial charge in [0.15, 0.2) is 0 Å². The van der Waals surface area contributed by atoms with Gasteiger partial charge < -0.3 is 5.11 Å². The second-order valence-corrected chi connectivity index (χ2v) is 3.05. The second-order valence-electron chi connectivity index (χ2n) is 2.67. The SMILES string of the molecule is O=C(O)Cc1c(C(F)F)cnc(F)c1Cl. The van der Waals surface area contributed by atoms with Crippen molar-refractivity contribution in [3.8, 4) is 0 Å². The van der Waals surface area contributed by atoms with Gasteiger partial charge in [-0.05, 0) is 5.56 Å². The first-order chi connectivity index (χ1) is 6.93. The van der Waals surface area contributed by atoms with Crippen LogP contribution in [0.25, 0.3) is 0 Å². The number of carbonyl (C=O) groups is 1. The van der Waals surface area contributed by atoms with Gasteiger partial charge in [0.25, 0.3) is 6.43 Å². The molecule has 0 saturated heterocycles. The van der Waals surface area contributed by atoms with Crippen LogP contribution in [0.1, 0.15) is 17.6 Å². The highest BCUT2D eigenvalue weighted by Crippen LogP contribution is 2.29. The minimum atomic E-state index is -2.94. The number of carboxylic acids is 1. The molecule has 0 aromatic carbocycles. The van der Waals surface area contributed by atoms with Crippen LogP contribution in [0.3, 0.4) is 0 Å². The molecule has 1 N–H and O–H groups in total. The minimum Gasteiger partial charge on any atom is -0.481 e. The van der Waals surface area contributed by atoms with Crippen molar-refractivity contribution in [1.29, 1.82) is 0 Å². The van der Waals surface area contributed by atoms with Crippen LogP contribution in [-0.4, -0.2) is 16.1 Å². The summed E-state index contributed by atoms with van der Waals surface area (Å²) >= 11 is 5.35. The lowest BCUT2D eigenvalue weighted by atomic mass is 10.1. The van der Waals surface area contributed by atoms with E-state index in [0.717, 1.165) is 0 Å². The van der Waals surface area contributed by atoms with Gasteiger partial charge in [-0.1, -0.05) is 11.6 Å². The smallest absolute Gasteiger partial charge is 0.307 e. The lowest BCUT2D eigenvalue weighted by Crippen LogP contribution is -2.07. The zero-order valence-corrected chi connectivity index (χ0v) is 7.93. The standard InChI is InChI=1S/C8H5ClF3NO2/c9-6-3(1-5(14)15)4(7(10)11)2-13-8(6)12/h2,7H,1H2,(H,14,15). The molecule has 0 amide bonds. The van der Waals surface area contributed by atoms with E-state index in [0.29, 0.717) is 6.20 Å². The lowest BCUT2D eigenvalue weighted by molar-refractivity contribution is -0.136. The third-order valence-electron chi connectivity index (χ3n) is 1.67. The van der Waals surface area contributed by atoms with Crippen LogP contribution in [0.4, 0.5) is 13.2 Å². The Hall–Kier alpha value is -1.30. The van der Waals surface area contributed by atoms with E-state index in [4.69, 9.17) is 16.7 Å². The highest BCUT2D eigenvalue weighted by Gasteiger charge is 2.21. The van der Waals surface area contributed by atoms with E-state index in [1.165, 1.54) is 0 Å². The van der Waals surface area contributed by atoms with E-state index < -0.39 is 40.9 Å². The topological polar surface area (TPSA) is 50.2 Å². The number of aromatic nitrogens is 1. The van der Waals surface area contributed by atoms with Gasteiger partial charge in [-0.2, -0.15) is 4.39 Å². The van der Waals surface area contributed by atoms with Crippen molar-refractivity contribution < 1.29 is 23.1 Å². The first-order valence-electron chi connectivity index (χ1n) is 3.76. The molecular formula is C8H5ClF3NO2. The molecule has 7 heteroatoms. The van der Waals surface area contributed by atoms with E-state index >= 15 is 0 Å². The summed E-state index contributed by atoms with van der Waals surface area (Å²) in [6, 6.07) is 0. The lowest BCUT2D eigenvalue weighted by Gasteiger charge is -2.08. The molecule has 0 unspecified atom stereocenters. The maximum atomic E-state index is 12.8. The fraction of sp³-hybridized carbons (Fsp3) is 0.250. The van der Waals surface area contributed by atoms with Crippen molar-refractivity contribution in [3.63, 3.8) is 0 Å². The molecule has 15 heavy (non-hydrogen) atoms. The number of rotatable bonds is 3. The van der Waals surface area contributed by atoms with Crippen molar-refractivity contribution in [2.45, 2.75) is 12.8 Å². The summed E-state index contributed by atoms with van der Waals surface area (Å²) < 4.78 is 37.5. The highest BCUT2D eigenvalue weighted by molar-refractivity contribution is 6.31. The van der Waals surface area contributed by atoms with Crippen molar-refractivity contribution >= 4 is 17.6 Å². The van der Waals surface area contributed by atoms with Crippen molar-refractivity contribution in [3.05, 3.63) is 28.3 Å². The van der Waals surface area contributed by atoms with Gasteiger partial charge in [0.05, 0.1) is 11.4 Å². The minimum absolute atomic E-state index is 0.438. The normalized spacial score (nSPS) is 10.7. The van der Waals surface area contributed by atoms with Gasteiger partial charge in [0, 0.05) is 11.8 Å². The molecule has 1 aromatic heterocycles. The molecule has 3 nitrogen and oxygen atoms in total. The summed E-state index contributed by atoms with van der Waals surface area (Å²) in [5.41, 5.74) is -1.10. The number of carboxylic acid groups (broad SMARTS) is 1. The first kappa shape index (κ1) is 11.8. The quantitative estimate of drug-likeness (QED) is 0.824. The average Bonchev–Trinajstić information content (AvgIpc) is 2.12. The molecule has 0 aliphatic heterocycles. The number of alkyl halides is 2. The molecular weight excluding hydrogens is 235 g/mol. The number of hydrogen-bond acceptors (Lipinski definition) is 2. The number of pyridine rings is 1. The molecule has 0 bridgehead atoms. The van der Waals surface area contributed by atoms with Gasteiger partial charge in [-0.3, -0.25) is 4.79 Å². The Balaban J connectivity index is 3.28. The third kappa shape index (κ3) is 2.59. The summed E-state index contributed by atoms with van der Waals surface area (Å²) in [7, 11) is 0. The van der Waals surface area contributed by atoms with Gasteiger partial charge in [0.2, 0.25) is 5.95 Å². The molecule has 0 fully saturated rings. The molecule has 1 heterocycles. The largest absolute Gasteiger partial charge is 0.481 e. The number of nitrogens with zero attached hydrogens (tertiary/aromatic N) is 1. The van der Waals surface area contributed by atoms with Crippen LogP contribution in [0.2, 0.25) is 5.02 Å². The molecule has 0 saturated carbocycles. The van der Waals surface area contributed by atoms with E-state index in [1.807, 2.05) is 0 Å². The number of aliphatic carboxylic acids is 1. The molecule has 0 aliphatic carbocycles. The Morgan fingerprint density at radius 1 is 1.60 bits per heavy atom. The predicted molar refractivity (Wildman–Crippen MR) is 45.5 cm³/mol. The summed E-state index contributed by atoms with van der Waals surface area (Å²) in [5.74, 6) is -2.53. The van der Waals surface area contributed by atoms with Gasteiger partial charge in [-0.15, -0.1) is 0 Å². The summed E-state index contributed by atoms with van der Waals surface area (Å²) in [6.45, 7) is 0. The number of halogens is 4. The molecule has 82 valence electrons. The van der Waals surface area contributed by atoms with Crippen LogP contribution in [0.15, 0.2) is 6.20 Å². The van der Waals surface area contributed by atoms with Crippen molar-refractivity contribution in [2.24, 2.45) is 0 Å². The Kier molecular flexibility index (Phi) is 3.52. The maximum absolute atomic E-state index is 12.8. The van der Waals surface area contributed by atoms with Crippen LogP contribution < -0.4 is 0 Å². The van der Waals surface area contributed by atoms with Crippen molar-refractivity contribution in [2.75, 3.05) is 0 Å². The maximum Gasteiger partial charge on any atom is 0.307 e. The van der Waals surface area contributed by atoms with Gasteiger partial charge >= 0.3 is 5.97 Å². The summed E-state index contributed by atoms with van der Waals surface area (Å²) in [6.07, 6.45) is -3.12. The molecule has 0 aliphatic rings. The van der Waals surface area contributed by atoms with E-state index in [1.54, 1.807) is 0 Å². The third-order valence-corrected chi connectivity index (χ3v) is 2.06. The fourth-order valence-corrected chi connectivity index (χ4v) is 1.26. The molecule has 0 spiro atoms. The molecule has 1 rings (SSSR count). The Morgan fingerprint density at radius 3 is 2.67 bits per heavy atom. The summed E-state index contributed by atoms with van der Waals surface area (Å²) in [5, 5.41) is 7.77. The average molecular weight is 240 g/mol. The Labute approximate surface area is 87.5 Å². The Bertz CT molecular complexity index is 398. The first-order valence-corrected chi connectivity index (χ1v) is 4.14. The Morgan fingerprint density at radius 2 is 2.20 bits per heavy atom.